The van der Waals surface area contributed by atoms with Crippen molar-refractivity contribution in [1.29, 1.82) is 0 Å². The fourth-order valence-electron chi connectivity index (χ4n) is 1.25. The van der Waals surface area contributed by atoms with Gasteiger partial charge in [0.2, 0.25) is 0 Å². The van der Waals surface area contributed by atoms with Gasteiger partial charge in [0.15, 0.2) is 0 Å². The second kappa shape index (κ2) is 5.60. The summed E-state index contributed by atoms with van der Waals surface area (Å²) in [5.74, 6) is -1.44. The van der Waals surface area contributed by atoms with Crippen molar-refractivity contribution in [3.8, 4) is 0 Å². The van der Waals surface area contributed by atoms with E-state index in [0.29, 0.717) is 12.8 Å². The average Bonchev–Trinajstić information content (AvgIpc) is 2.64. The van der Waals surface area contributed by atoms with E-state index in [4.69, 9.17) is 5.11 Å². The molecule has 0 saturated heterocycles. The molecule has 0 bridgehead atoms. The molecule has 6 heteroatoms. The molecule has 0 radical (unpaired) electrons. The van der Waals surface area contributed by atoms with Crippen molar-refractivity contribution in [2.45, 2.75) is 32.7 Å². The number of aromatic nitrogens is 1. The number of carboxylic acids is 1. The number of rotatable bonds is 5. The minimum absolute atomic E-state index is 0.282. The molecule has 1 aromatic rings. The highest BCUT2D eigenvalue weighted by Crippen LogP contribution is 2.08. The van der Waals surface area contributed by atoms with Crippen LogP contribution in [-0.2, 0) is 4.79 Å². The molecule has 0 unspecified atom stereocenters. The Morgan fingerprint density at radius 3 is 2.75 bits per heavy atom. The van der Waals surface area contributed by atoms with E-state index in [1.54, 1.807) is 12.3 Å². The van der Waals surface area contributed by atoms with Gasteiger partial charge in [0.25, 0.3) is 5.91 Å². The van der Waals surface area contributed by atoms with E-state index in [9.17, 15) is 9.59 Å². The van der Waals surface area contributed by atoms with Gasteiger partial charge in [-0.3, -0.25) is 4.79 Å². The maximum Gasteiger partial charge on any atom is 0.326 e. The van der Waals surface area contributed by atoms with Crippen molar-refractivity contribution in [3.05, 3.63) is 16.1 Å². The molecule has 1 rings (SSSR count). The second-order valence-electron chi connectivity index (χ2n) is 3.40. The van der Waals surface area contributed by atoms with Crippen molar-refractivity contribution in [2.75, 3.05) is 0 Å². The lowest BCUT2D eigenvalue weighted by molar-refractivity contribution is -0.139. The normalized spacial score (nSPS) is 12.1. The first-order chi connectivity index (χ1) is 7.54. The van der Waals surface area contributed by atoms with Gasteiger partial charge in [-0.2, -0.15) is 0 Å². The van der Waals surface area contributed by atoms with E-state index >= 15 is 0 Å². The SMILES string of the molecule is CCC[C@@H](NC(=O)c1csc(C)n1)C(=O)O. The highest BCUT2D eigenvalue weighted by atomic mass is 32.1. The van der Waals surface area contributed by atoms with E-state index in [2.05, 4.69) is 10.3 Å². The predicted octanol–water partition coefficient (Wildman–Crippen LogP) is 1.43. The van der Waals surface area contributed by atoms with Crippen LogP contribution in [0, 0.1) is 6.92 Å². The topological polar surface area (TPSA) is 79.3 Å². The standard InChI is InChI=1S/C10H14N2O3S/c1-3-4-7(10(14)15)12-9(13)8-5-16-6(2)11-8/h5,7H,3-4H2,1-2H3,(H,12,13)(H,14,15)/t7-/m1/s1. The molecule has 0 aliphatic rings. The molecule has 0 aliphatic heterocycles. The van der Waals surface area contributed by atoms with Crippen molar-refractivity contribution in [2.24, 2.45) is 0 Å². The number of carboxylic acid groups (broad SMARTS) is 1. The Kier molecular flexibility index (Phi) is 4.42. The predicted molar refractivity (Wildman–Crippen MR) is 60.6 cm³/mol. The van der Waals surface area contributed by atoms with E-state index in [0.717, 1.165) is 5.01 Å². The summed E-state index contributed by atoms with van der Waals surface area (Å²) in [6.45, 7) is 3.66. The van der Waals surface area contributed by atoms with Gasteiger partial charge in [0.1, 0.15) is 11.7 Å². The van der Waals surface area contributed by atoms with E-state index in [1.807, 2.05) is 6.92 Å². The summed E-state index contributed by atoms with van der Waals surface area (Å²) in [7, 11) is 0. The third-order valence-electron chi connectivity index (χ3n) is 2.03. The van der Waals surface area contributed by atoms with Crippen LogP contribution < -0.4 is 5.32 Å². The molecule has 0 aromatic carbocycles. The Morgan fingerprint density at radius 2 is 2.31 bits per heavy atom. The zero-order valence-electron chi connectivity index (χ0n) is 9.19. The number of carbonyl (C=O) groups excluding carboxylic acids is 1. The lowest BCUT2D eigenvalue weighted by Crippen LogP contribution is -2.40. The molecule has 1 aromatic heterocycles. The maximum atomic E-state index is 11.6. The van der Waals surface area contributed by atoms with Crippen LogP contribution in [0.5, 0.6) is 0 Å². The fraction of sp³-hybridized carbons (Fsp3) is 0.500. The number of nitrogens with zero attached hydrogens (tertiary/aromatic N) is 1. The highest BCUT2D eigenvalue weighted by molar-refractivity contribution is 7.09. The number of hydrogen-bond acceptors (Lipinski definition) is 4. The Labute approximate surface area is 97.5 Å². The Hall–Kier alpha value is -1.43. The van der Waals surface area contributed by atoms with Crippen LogP contribution in [-0.4, -0.2) is 28.0 Å². The molecular weight excluding hydrogens is 228 g/mol. The summed E-state index contributed by atoms with van der Waals surface area (Å²) in [5.41, 5.74) is 0.282. The molecule has 1 atom stereocenters. The molecule has 1 heterocycles. The lowest BCUT2D eigenvalue weighted by Gasteiger charge is -2.12. The first kappa shape index (κ1) is 12.6. The van der Waals surface area contributed by atoms with Crippen molar-refractivity contribution >= 4 is 23.2 Å². The van der Waals surface area contributed by atoms with E-state index in [1.165, 1.54) is 11.3 Å². The third-order valence-corrected chi connectivity index (χ3v) is 2.81. The summed E-state index contributed by atoms with van der Waals surface area (Å²) in [5, 5.41) is 13.7. The van der Waals surface area contributed by atoms with Crippen LogP contribution in [0.4, 0.5) is 0 Å². The molecule has 2 N–H and O–H groups in total. The summed E-state index contributed by atoms with van der Waals surface area (Å²) >= 11 is 1.36. The van der Waals surface area contributed by atoms with Gasteiger partial charge in [-0.05, 0) is 13.3 Å². The van der Waals surface area contributed by atoms with Gasteiger partial charge in [-0.1, -0.05) is 13.3 Å². The quantitative estimate of drug-likeness (QED) is 0.818. The minimum atomic E-state index is -1.01. The summed E-state index contributed by atoms with van der Waals surface area (Å²) in [6.07, 6.45) is 1.12. The fourth-order valence-corrected chi connectivity index (χ4v) is 1.84. The minimum Gasteiger partial charge on any atom is -0.480 e. The van der Waals surface area contributed by atoms with Crippen LogP contribution in [0.2, 0.25) is 0 Å². The summed E-state index contributed by atoms with van der Waals surface area (Å²) in [6, 6.07) is -0.834. The van der Waals surface area contributed by atoms with Gasteiger partial charge < -0.3 is 10.4 Å². The lowest BCUT2D eigenvalue weighted by atomic mass is 10.1. The monoisotopic (exact) mass is 242 g/mol. The second-order valence-corrected chi connectivity index (χ2v) is 4.47. The number of hydrogen-bond donors (Lipinski definition) is 2. The van der Waals surface area contributed by atoms with Crippen LogP contribution >= 0.6 is 11.3 Å². The van der Waals surface area contributed by atoms with Crippen molar-refractivity contribution in [1.82, 2.24) is 10.3 Å². The smallest absolute Gasteiger partial charge is 0.326 e. The first-order valence-corrected chi connectivity index (χ1v) is 5.88. The van der Waals surface area contributed by atoms with Crippen LogP contribution in [0.25, 0.3) is 0 Å². The molecule has 0 aliphatic carbocycles. The number of aliphatic carboxylic acids is 1. The average molecular weight is 242 g/mol. The van der Waals surface area contributed by atoms with Gasteiger partial charge in [0, 0.05) is 5.38 Å². The zero-order chi connectivity index (χ0) is 12.1. The zero-order valence-corrected chi connectivity index (χ0v) is 10.0. The number of amides is 1. The van der Waals surface area contributed by atoms with E-state index in [-0.39, 0.29) is 5.69 Å². The Bertz CT molecular complexity index is 389. The first-order valence-electron chi connectivity index (χ1n) is 5.00. The van der Waals surface area contributed by atoms with Gasteiger partial charge in [-0.15, -0.1) is 11.3 Å². The number of carbonyl (C=O) groups is 2. The summed E-state index contributed by atoms with van der Waals surface area (Å²) in [4.78, 5) is 26.4. The summed E-state index contributed by atoms with van der Waals surface area (Å²) < 4.78 is 0. The molecule has 1 amide bonds. The van der Waals surface area contributed by atoms with E-state index < -0.39 is 17.9 Å². The van der Waals surface area contributed by atoms with Crippen LogP contribution in [0.3, 0.4) is 0 Å². The van der Waals surface area contributed by atoms with Crippen molar-refractivity contribution < 1.29 is 14.7 Å². The molecule has 0 fully saturated rings. The molecule has 0 saturated carbocycles. The van der Waals surface area contributed by atoms with Crippen molar-refractivity contribution in [3.63, 3.8) is 0 Å². The molecule has 16 heavy (non-hydrogen) atoms. The number of thiazole rings is 1. The molecular formula is C10H14N2O3S. The highest BCUT2D eigenvalue weighted by Gasteiger charge is 2.20. The maximum absolute atomic E-state index is 11.6. The molecule has 88 valence electrons. The van der Waals surface area contributed by atoms with Crippen LogP contribution in [0.15, 0.2) is 5.38 Å². The Morgan fingerprint density at radius 1 is 1.62 bits per heavy atom. The third kappa shape index (κ3) is 3.30. The molecule has 0 spiro atoms. The van der Waals surface area contributed by atoms with Gasteiger partial charge >= 0.3 is 5.97 Å². The van der Waals surface area contributed by atoms with Gasteiger partial charge in [-0.25, -0.2) is 9.78 Å². The number of aryl methyl sites for hydroxylation is 1. The number of nitrogens with one attached hydrogen (secondary N) is 1. The van der Waals surface area contributed by atoms with Gasteiger partial charge in [0.05, 0.1) is 5.01 Å². The Balaban J connectivity index is 2.65. The molecule has 5 nitrogen and oxygen atoms in total. The largest absolute Gasteiger partial charge is 0.480 e. The van der Waals surface area contributed by atoms with Crippen LogP contribution in [0.1, 0.15) is 35.3 Å².